The van der Waals surface area contributed by atoms with E-state index in [2.05, 4.69) is 4.98 Å². The predicted octanol–water partition coefficient (Wildman–Crippen LogP) is 1.19. The lowest BCUT2D eigenvalue weighted by molar-refractivity contribution is -0.137. The third-order valence-corrected chi connectivity index (χ3v) is 2.91. The van der Waals surface area contributed by atoms with Gasteiger partial charge in [0.1, 0.15) is 23.7 Å². The van der Waals surface area contributed by atoms with Crippen molar-refractivity contribution in [1.29, 1.82) is 0 Å². The van der Waals surface area contributed by atoms with Crippen molar-refractivity contribution in [3.8, 4) is 0 Å². The zero-order valence-corrected chi connectivity index (χ0v) is 11.1. The molecule has 0 aromatic carbocycles. The molecule has 0 aliphatic rings. The Morgan fingerprint density at radius 2 is 2.15 bits per heavy atom. The van der Waals surface area contributed by atoms with E-state index < -0.39 is 24.2 Å². The lowest BCUT2D eigenvalue weighted by Crippen LogP contribution is -2.33. The number of carboxylic acid groups (broad SMARTS) is 1. The highest BCUT2D eigenvalue weighted by molar-refractivity contribution is 5.96. The van der Waals surface area contributed by atoms with Gasteiger partial charge in [0, 0.05) is 13.2 Å². The Labute approximate surface area is 114 Å². The number of aromatic nitrogens is 2. The van der Waals surface area contributed by atoms with Crippen molar-refractivity contribution >= 4 is 17.5 Å². The number of halogens is 1. The van der Waals surface area contributed by atoms with Crippen molar-refractivity contribution in [2.24, 2.45) is 0 Å². The number of hydrogen-bond acceptors (Lipinski definition) is 3. The van der Waals surface area contributed by atoms with Crippen LogP contribution in [0.3, 0.4) is 0 Å². The molecule has 7 heteroatoms. The summed E-state index contributed by atoms with van der Waals surface area (Å²) in [5, 5.41) is 8.74. The maximum absolute atomic E-state index is 13.3. The van der Waals surface area contributed by atoms with Gasteiger partial charge in [0.05, 0.1) is 5.69 Å². The minimum absolute atomic E-state index is 0.200. The Hall–Kier alpha value is -2.44. The zero-order valence-electron chi connectivity index (χ0n) is 11.1. The molecule has 2 aromatic rings. The molecule has 0 saturated carbocycles. The van der Waals surface area contributed by atoms with Gasteiger partial charge >= 0.3 is 5.97 Å². The summed E-state index contributed by atoms with van der Waals surface area (Å²) >= 11 is 0. The average Bonchev–Trinajstić information content (AvgIpc) is 2.74. The highest BCUT2D eigenvalue weighted by atomic mass is 19.1. The van der Waals surface area contributed by atoms with E-state index in [1.807, 2.05) is 6.92 Å². The van der Waals surface area contributed by atoms with Gasteiger partial charge in [0.2, 0.25) is 0 Å². The number of aryl methyl sites for hydroxylation is 1. The van der Waals surface area contributed by atoms with Crippen LogP contribution in [-0.2, 0) is 11.2 Å². The maximum atomic E-state index is 13.3. The molecule has 106 valence electrons. The van der Waals surface area contributed by atoms with Gasteiger partial charge in [0.25, 0.3) is 5.91 Å². The van der Waals surface area contributed by atoms with Crippen LogP contribution in [0.5, 0.6) is 0 Å². The first kappa shape index (κ1) is 14.0. The predicted molar refractivity (Wildman–Crippen MR) is 69.1 cm³/mol. The van der Waals surface area contributed by atoms with E-state index in [0.29, 0.717) is 17.8 Å². The second kappa shape index (κ2) is 5.28. The van der Waals surface area contributed by atoms with Crippen LogP contribution in [0.2, 0.25) is 0 Å². The number of carbonyl (C=O) groups excluding carboxylic acids is 1. The fourth-order valence-electron chi connectivity index (χ4n) is 2.00. The topological polar surface area (TPSA) is 74.9 Å². The number of hydrogen-bond donors (Lipinski definition) is 1. The minimum Gasteiger partial charge on any atom is -0.480 e. The SMILES string of the molecule is CCc1nc2ccc(F)cn2c1C(=O)N(C)CC(=O)O. The summed E-state index contributed by atoms with van der Waals surface area (Å²) in [6.07, 6.45) is 1.66. The molecule has 2 aromatic heterocycles. The summed E-state index contributed by atoms with van der Waals surface area (Å²) in [4.78, 5) is 28.3. The second-order valence-electron chi connectivity index (χ2n) is 4.39. The fourth-order valence-corrected chi connectivity index (χ4v) is 2.00. The molecule has 0 fully saturated rings. The van der Waals surface area contributed by atoms with Gasteiger partial charge in [-0.1, -0.05) is 6.92 Å². The van der Waals surface area contributed by atoms with Crippen LogP contribution < -0.4 is 0 Å². The van der Waals surface area contributed by atoms with Crippen LogP contribution in [0.4, 0.5) is 4.39 Å². The summed E-state index contributed by atoms with van der Waals surface area (Å²) in [6, 6.07) is 2.74. The fraction of sp³-hybridized carbons (Fsp3) is 0.308. The first-order valence-electron chi connectivity index (χ1n) is 6.07. The number of likely N-dealkylation sites (N-methyl/N-ethyl adjacent to an activating group) is 1. The third-order valence-electron chi connectivity index (χ3n) is 2.91. The number of pyridine rings is 1. The van der Waals surface area contributed by atoms with E-state index in [4.69, 9.17) is 5.11 Å². The smallest absolute Gasteiger partial charge is 0.323 e. The number of fused-ring (bicyclic) bond motifs is 1. The number of nitrogens with zero attached hydrogens (tertiary/aromatic N) is 3. The van der Waals surface area contributed by atoms with Gasteiger partial charge in [-0.15, -0.1) is 0 Å². The van der Waals surface area contributed by atoms with E-state index in [1.54, 1.807) is 0 Å². The van der Waals surface area contributed by atoms with Crippen LogP contribution in [0.15, 0.2) is 18.3 Å². The largest absolute Gasteiger partial charge is 0.480 e. The number of rotatable bonds is 4. The van der Waals surface area contributed by atoms with Gasteiger partial charge in [-0.2, -0.15) is 0 Å². The maximum Gasteiger partial charge on any atom is 0.323 e. The van der Waals surface area contributed by atoms with Crippen LogP contribution in [0.1, 0.15) is 23.1 Å². The zero-order chi connectivity index (χ0) is 14.9. The van der Waals surface area contributed by atoms with Crippen molar-refractivity contribution in [3.05, 3.63) is 35.5 Å². The van der Waals surface area contributed by atoms with Gasteiger partial charge in [-0.05, 0) is 18.6 Å². The van der Waals surface area contributed by atoms with Crippen LogP contribution in [-0.4, -0.2) is 44.9 Å². The highest BCUT2D eigenvalue weighted by Gasteiger charge is 2.22. The molecule has 0 aliphatic heterocycles. The normalized spacial score (nSPS) is 10.8. The molecule has 0 unspecified atom stereocenters. The first-order valence-corrected chi connectivity index (χ1v) is 6.07. The number of imidazole rings is 1. The Balaban J connectivity index is 2.53. The van der Waals surface area contributed by atoms with Crippen molar-refractivity contribution < 1.29 is 19.1 Å². The molecule has 0 radical (unpaired) electrons. The van der Waals surface area contributed by atoms with E-state index in [-0.39, 0.29) is 5.69 Å². The molecular formula is C13H14FN3O3. The number of carboxylic acids is 1. The lowest BCUT2D eigenvalue weighted by atomic mass is 10.2. The molecule has 0 saturated heterocycles. The number of aliphatic carboxylic acids is 1. The molecular weight excluding hydrogens is 265 g/mol. The van der Waals surface area contributed by atoms with Gasteiger partial charge in [-0.3, -0.25) is 14.0 Å². The standard InChI is InChI=1S/C13H14FN3O3/c1-3-9-12(13(20)16(2)7-11(18)19)17-6-8(14)4-5-10(17)15-9/h4-6H,3,7H2,1-2H3,(H,18,19). The minimum atomic E-state index is -1.11. The quantitative estimate of drug-likeness (QED) is 0.912. The summed E-state index contributed by atoms with van der Waals surface area (Å²) in [7, 11) is 1.38. The molecule has 0 spiro atoms. The van der Waals surface area contributed by atoms with Crippen molar-refractivity contribution in [3.63, 3.8) is 0 Å². The second-order valence-corrected chi connectivity index (χ2v) is 4.39. The summed E-state index contributed by atoms with van der Waals surface area (Å²) in [6.45, 7) is 1.40. The summed E-state index contributed by atoms with van der Waals surface area (Å²) < 4.78 is 14.7. The van der Waals surface area contributed by atoms with E-state index in [0.717, 1.165) is 4.90 Å². The van der Waals surface area contributed by atoms with Gasteiger partial charge < -0.3 is 10.0 Å². The van der Waals surface area contributed by atoms with E-state index in [1.165, 1.54) is 29.8 Å². The molecule has 2 heterocycles. The van der Waals surface area contributed by atoms with Gasteiger partial charge in [-0.25, -0.2) is 9.37 Å². The lowest BCUT2D eigenvalue weighted by Gasteiger charge is -2.15. The third kappa shape index (κ3) is 2.47. The first-order chi connectivity index (χ1) is 9.43. The molecule has 6 nitrogen and oxygen atoms in total. The molecule has 20 heavy (non-hydrogen) atoms. The van der Waals surface area contributed by atoms with Crippen molar-refractivity contribution in [1.82, 2.24) is 14.3 Å². The molecule has 0 aliphatic carbocycles. The highest BCUT2D eigenvalue weighted by Crippen LogP contribution is 2.16. The average molecular weight is 279 g/mol. The van der Waals surface area contributed by atoms with Crippen molar-refractivity contribution in [2.45, 2.75) is 13.3 Å². The molecule has 0 atom stereocenters. The molecule has 0 bridgehead atoms. The number of amides is 1. The summed E-state index contributed by atoms with van der Waals surface area (Å²) in [5.74, 6) is -2.10. The van der Waals surface area contributed by atoms with E-state index >= 15 is 0 Å². The summed E-state index contributed by atoms with van der Waals surface area (Å²) in [5.41, 5.74) is 1.17. The Kier molecular flexibility index (Phi) is 3.69. The molecule has 1 amide bonds. The molecule has 1 N–H and O–H groups in total. The van der Waals surface area contributed by atoms with E-state index in [9.17, 15) is 14.0 Å². The van der Waals surface area contributed by atoms with Crippen LogP contribution in [0, 0.1) is 5.82 Å². The van der Waals surface area contributed by atoms with Crippen LogP contribution >= 0.6 is 0 Å². The number of carbonyl (C=O) groups is 2. The Morgan fingerprint density at radius 1 is 1.45 bits per heavy atom. The Bertz CT molecular complexity index is 681. The molecule has 2 rings (SSSR count). The van der Waals surface area contributed by atoms with Crippen molar-refractivity contribution in [2.75, 3.05) is 13.6 Å². The monoisotopic (exact) mass is 279 g/mol. The van der Waals surface area contributed by atoms with Gasteiger partial charge in [0.15, 0.2) is 0 Å². The van der Waals surface area contributed by atoms with Crippen LogP contribution in [0.25, 0.3) is 5.65 Å². The Morgan fingerprint density at radius 3 is 2.75 bits per heavy atom.